The molecular formula is C14H27N3O2Si. The highest BCUT2D eigenvalue weighted by Gasteiger charge is 2.62. The fraction of sp³-hybridized carbons (Fsp3) is 1.00. The van der Waals surface area contributed by atoms with Crippen LogP contribution in [0.1, 0.15) is 44.9 Å². The van der Waals surface area contributed by atoms with Gasteiger partial charge in [0, 0.05) is 11.5 Å². The molecule has 1 aliphatic heterocycles. The first-order valence-corrected chi connectivity index (χ1v) is 11.2. The third-order valence-electron chi connectivity index (χ3n) is 4.39. The Morgan fingerprint density at radius 1 is 1.25 bits per heavy atom. The Hall–Kier alpha value is -0.553. The summed E-state index contributed by atoms with van der Waals surface area (Å²) in [5, 5.41) is 3.64. The minimum absolute atomic E-state index is 0.0773. The summed E-state index contributed by atoms with van der Waals surface area (Å²) in [4.78, 5) is 2.82. The molecule has 0 spiro atoms. The van der Waals surface area contributed by atoms with E-state index in [1.54, 1.807) is 0 Å². The Bertz CT molecular complexity index is 378. The van der Waals surface area contributed by atoms with Crippen molar-refractivity contribution in [2.24, 2.45) is 5.11 Å². The van der Waals surface area contributed by atoms with Gasteiger partial charge in [0.15, 0.2) is 8.32 Å². The van der Waals surface area contributed by atoms with Crippen molar-refractivity contribution in [2.45, 2.75) is 75.8 Å². The zero-order chi connectivity index (χ0) is 14.7. The van der Waals surface area contributed by atoms with Crippen molar-refractivity contribution in [3.8, 4) is 0 Å². The van der Waals surface area contributed by atoms with Crippen molar-refractivity contribution in [3.63, 3.8) is 0 Å². The predicted octanol–water partition coefficient (Wildman–Crippen LogP) is 4.40. The Morgan fingerprint density at radius 3 is 2.40 bits per heavy atom. The van der Waals surface area contributed by atoms with Crippen LogP contribution in [0.2, 0.25) is 19.6 Å². The van der Waals surface area contributed by atoms with Crippen molar-refractivity contribution in [1.82, 2.24) is 0 Å². The van der Waals surface area contributed by atoms with Gasteiger partial charge in [0.1, 0.15) is 5.60 Å². The Morgan fingerprint density at radius 2 is 1.90 bits per heavy atom. The second kappa shape index (κ2) is 6.06. The lowest BCUT2D eigenvalue weighted by Crippen LogP contribution is -2.54. The lowest BCUT2D eigenvalue weighted by molar-refractivity contribution is -0.0530. The van der Waals surface area contributed by atoms with E-state index in [4.69, 9.17) is 14.7 Å². The molecule has 114 valence electrons. The number of nitrogens with zero attached hydrogens (tertiary/aromatic N) is 3. The van der Waals surface area contributed by atoms with Crippen LogP contribution in [0.15, 0.2) is 5.11 Å². The quantitative estimate of drug-likeness (QED) is 0.174. The largest absolute Gasteiger partial charge is 0.409 e. The van der Waals surface area contributed by atoms with E-state index in [1.807, 2.05) is 0 Å². The van der Waals surface area contributed by atoms with Gasteiger partial charge in [-0.1, -0.05) is 24.4 Å². The van der Waals surface area contributed by atoms with Gasteiger partial charge in [-0.3, -0.25) is 0 Å². The summed E-state index contributed by atoms with van der Waals surface area (Å²) in [6.45, 7) is 8.16. The number of rotatable bonds is 7. The van der Waals surface area contributed by atoms with E-state index >= 15 is 0 Å². The molecule has 0 aromatic heterocycles. The molecule has 0 radical (unpaired) electrons. The molecule has 1 saturated carbocycles. The van der Waals surface area contributed by atoms with E-state index in [1.165, 1.54) is 19.3 Å². The summed E-state index contributed by atoms with van der Waals surface area (Å²) in [6, 6.07) is 0. The molecule has 1 heterocycles. The van der Waals surface area contributed by atoms with Crippen molar-refractivity contribution in [2.75, 3.05) is 13.2 Å². The highest BCUT2D eigenvalue weighted by Crippen LogP contribution is 2.52. The van der Waals surface area contributed by atoms with Gasteiger partial charge in [0.2, 0.25) is 0 Å². The second-order valence-corrected chi connectivity index (χ2v) is 11.5. The number of hydrogen-bond donors (Lipinski definition) is 0. The highest BCUT2D eigenvalue weighted by atomic mass is 28.4. The van der Waals surface area contributed by atoms with Crippen LogP contribution in [0, 0.1) is 0 Å². The SMILES string of the molecule is C[Si](C)(C)OC1(C2(CCCN=[N+]=[N-])CO2)CCCCC1. The lowest BCUT2D eigenvalue weighted by Gasteiger charge is -2.46. The zero-order valence-electron chi connectivity index (χ0n) is 13.0. The highest BCUT2D eigenvalue weighted by molar-refractivity contribution is 6.69. The fourth-order valence-electron chi connectivity index (χ4n) is 3.56. The van der Waals surface area contributed by atoms with Crippen LogP contribution < -0.4 is 0 Å². The minimum Gasteiger partial charge on any atom is -0.409 e. The van der Waals surface area contributed by atoms with Gasteiger partial charge >= 0.3 is 0 Å². The molecule has 2 aliphatic rings. The van der Waals surface area contributed by atoms with Crippen molar-refractivity contribution >= 4 is 8.32 Å². The number of azide groups is 1. The van der Waals surface area contributed by atoms with Gasteiger partial charge in [0.05, 0.1) is 12.2 Å². The standard InChI is InChI=1S/C14H27N3O2Si/c1-20(2,3)19-13(8-5-4-6-9-13)14(12-18-14)10-7-11-16-17-15/h4-12H2,1-3H3. The molecule has 2 fully saturated rings. The Labute approximate surface area is 122 Å². The second-order valence-electron chi connectivity index (χ2n) is 7.11. The van der Waals surface area contributed by atoms with E-state index in [2.05, 4.69) is 29.7 Å². The van der Waals surface area contributed by atoms with Gasteiger partial charge in [-0.05, 0) is 50.9 Å². The summed E-state index contributed by atoms with van der Waals surface area (Å²) < 4.78 is 12.6. The maximum atomic E-state index is 8.37. The van der Waals surface area contributed by atoms with Crippen LogP contribution in [0.3, 0.4) is 0 Å². The molecule has 1 saturated heterocycles. The Balaban J connectivity index is 2.07. The van der Waals surface area contributed by atoms with Crippen LogP contribution in [-0.2, 0) is 9.16 Å². The van der Waals surface area contributed by atoms with E-state index in [0.717, 1.165) is 32.3 Å². The molecule has 0 aromatic rings. The minimum atomic E-state index is -1.60. The summed E-state index contributed by atoms with van der Waals surface area (Å²) in [7, 11) is -1.60. The summed E-state index contributed by atoms with van der Waals surface area (Å²) >= 11 is 0. The van der Waals surface area contributed by atoms with Gasteiger partial charge in [-0.15, -0.1) is 0 Å². The maximum Gasteiger partial charge on any atom is 0.184 e. The molecular weight excluding hydrogens is 270 g/mol. The van der Waals surface area contributed by atoms with Crippen molar-refractivity contribution in [1.29, 1.82) is 0 Å². The van der Waals surface area contributed by atoms with Crippen molar-refractivity contribution in [3.05, 3.63) is 10.4 Å². The van der Waals surface area contributed by atoms with Crippen LogP contribution in [0.4, 0.5) is 0 Å². The molecule has 0 amide bonds. The smallest absolute Gasteiger partial charge is 0.184 e. The van der Waals surface area contributed by atoms with E-state index in [-0.39, 0.29) is 11.2 Å². The number of hydrogen-bond acceptors (Lipinski definition) is 3. The molecule has 0 aromatic carbocycles. The van der Waals surface area contributed by atoms with E-state index in [0.29, 0.717) is 6.54 Å². The summed E-state index contributed by atoms with van der Waals surface area (Å²) in [5.41, 5.74) is 8.20. The van der Waals surface area contributed by atoms with Gasteiger partial charge < -0.3 is 9.16 Å². The third kappa shape index (κ3) is 3.55. The number of ether oxygens (including phenoxy) is 1. The predicted molar refractivity (Wildman–Crippen MR) is 82.2 cm³/mol. The van der Waals surface area contributed by atoms with Gasteiger partial charge in [-0.2, -0.15) is 0 Å². The molecule has 1 atom stereocenters. The fourth-order valence-corrected chi connectivity index (χ4v) is 5.12. The van der Waals surface area contributed by atoms with Gasteiger partial charge in [0.25, 0.3) is 0 Å². The molecule has 0 N–H and O–H groups in total. The summed E-state index contributed by atoms with van der Waals surface area (Å²) in [6.07, 6.45) is 7.89. The zero-order valence-corrected chi connectivity index (χ0v) is 14.0. The van der Waals surface area contributed by atoms with Crippen LogP contribution >= 0.6 is 0 Å². The monoisotopic (exact) mass is 297 g/mol. The molecule has 20 heavy (non-hydrogen) atoms. The molecule has 5 nitrogen and oxygen atoms in total. The normalized spacial score (nSPS) is 28.8. The van der Waals surface area contributed by atoms with Crippen LogP contribution in [0.25, 0.3) is 10.4 Å². The van der Waals surface area contributed by atoms with E-state index < -0.39 is 8.32 Å². The topological polar surface area (TPSA) is 70.5 Å². The summed E-state index contributed by atoms with van der Waals surface area (Å²) in [5.74, 6) is 0. The van der Waals surface area contributed by atoms with E-state index in [9.17, 15) is 0 Å². The molecule has 6 heteroatoms. The first kappa shape index (κ1) is 15.8. The van der Waals surface area contributed by atoms with Crippen LogP contribution in [-0.4, -0.2) is 32.7 Å². The molecule has 2 rings (SSSR count). The molecule has 0 bridgehead atoms. The third-order valence-corrected chi connectivity index (χ3v) is 5.39. The molecule has 1 unspecified atom stereocenters. The average Bonchev–Trinajstić information content (AvgIpc) is 3.15. The van der Waals surface area contributed by atoms with Crippen molar-refractivity contribution < 1.29 is 9.16 Å². The number of epoxide rings is 1. The first-order chi connectivity index (χ1) is 9.43. The van der Waals surface area contributed by atoms with Gasteiger partial charge in [-0.25, -0.2) is 0 Å². The molecule has 1 aliphatic carbocycles. The maximum absolute atomic E-state index is 8.37. The van der Waals surface area contributed by atoms with Crippen LogP contribution in [0.5, 0.6) is 0 Å². The Kier molecular flexibility index (Phi) is 4.79. The first-order valence-electron chi connectivity index (χ1n) is 7.78. The lowest BCUT2D eigenvalue weighted by atomic mass is 9.74. The average molecular weight is 297 g/mol.